The van der Waals surface area contributed by atoms with Crippen molar-refractivity contribution >= 4 is 0 Å². The monoisotopic (exact) mass is 478 g/mol. The average molecular weight is 478 g/mol. The smallest absolute Gasteiger partial charge is 0.142 e. The second kappa shape index (κ2) is 11.1. The van der Waals surface area contributed by atoms with Gasteiger partial charge in [-0.25, -0.2) is 17.6 Å². The first kappa shape index (κ1) is 25.1. The molecule has 0 heterocycles. The largest absolute Gasteiger partial charge is 0.206 e. The summed E-state index contributed by atoms with van der Waals surface area (Å²) in [6, 6.07) is 12.9. The van der Waals surface area contributed by atoms with Crippen molar-refractivity contribution in [2.45, 2.75) is 12.8 Å². The Balaban J connectivity index is 2.16. The first-order valence-corrected chi connectivity index (χ1v) is 10.0. The van der Waals surface area contributed by atoms with E-state index in [4.69, 9.17) is 10.5 Å². The summed E-state index contributed by atoms with van der Waals surface area (Å²) in [5.41, 5.74) is -0.369. The van der Waals surface area contributed by atoms with Crippen molar-refractivity contribution in [1.29, 1.82) is 21.0 Å². The first-order valence-electron chi connectivity index (χ1n) is 10.0. The summed E-state index contributed by atoms with van der Waals surface area (Å²) in [6.45, 7) is 0. The fourth-order valence-corrected chi connectivity index (χ4v) is 3.12. The predicted octanol–water partition coefficient (Wildman–Crippen LogP) is 4.92. The Morgan fingerprint density at radius 2 is 0.778 bits per heavy atom. The number of hydrogen-bond donors (Lipinski definition) is 0. The molecule has 0 unspecified atom stereocenters. The van der Waals surface area contributed by atoms with Crippen LogP contribution in [0.25, 0.3) is 0 Å². The summed E-state index contributed by atoms with van der Waals surface area (Å²) >= 11 is 0. The first-order chi connectivity index (χ1) is 17.3. The van der Waals surface area contributed by atoms with Gasteiger partial charge in [-0.05, 0) is 41.5 Å². The SMILES string of the molecule is N#CCc1cc(CC#N)c(C#Cc2cc(F)c(C#N)cc2F)cc1C#Cc1cc(F)c(C#N)cc1F. The van der Waals surface area contributed by atoms with E-state index >= 15 is 0 Å². The van der Waals surface area contributed by atoms with Gasteiger partial charge in [-0.15, -0.1) is 0 Å². The van der Waals surface area contributed by atoms with E-state index in [0.29, 0.717) is 23.3 Å². The van der Waals surface area contributed by atoms with Gasteiger partial charge in [-0.2, -0.15) is 21.0 Å². The lowest BCUT2D eigenvalue weighted by molar-refractivity contribution is 0.594. The van der Waals surface area contributed by atoms with E-state index in [-0.39, 0.29) is 35.1 Å². The molecular formula is C28H10F4N4. The molecule has 0 aromatic heterocycles. The summed E-state index contributed by atoms with van der Waals surface area (Å²) in [7, 11) is 0. The minimum absolute atomic E-state index is 0.115. The number of nitrogens with zero attached hydrogens (tertiary/aromatic N) is 4. The van der Waals surface area contributed by atoms with Gasteiger partial charge in [0, 0.05) is 11.1 Å². The number of halogens is 4. The van der Waals surface area contributed by atoms with Crippen LogP contribution in [0.1, 0.15) is 44.5 Å². The lowest BCUT2D eigenvalue weighted by Crippen LogP contribution is -1.98. The molecule has 0 N–H and O–H groups in total. The Morgan fingerprint density at radius 3 is 1.14 bits per heavy atom. The van der Waals surface area contributed by atoms with Crippen molar-refractivity contribution in [3.05, 3.63) is 104 Å². The van der Waals surface area contributed by atoms with Crippen molar-refractivity contribution in [2.24, 2.45) is 0 Å². The molecule has 4 nitrogen and oxygen atoms in total. The standard InChI is InChI=1S/C28H10F4N4/c29-25-13-23(15-35)27(31)11-21(25)3-1-17-9-18(20(6-8-34)10-19(17)5-7-33)2-4-22-12-28(32)24(16-36)14-26(22)30/h9-14H,5-6H2. The summed E-state index contributed by atoms with van der Waals surface area (Å²) in [6.07, 6.45) is -0.231. The number of nitriles is 4. The van der Waals surface area contributed by atoms with Gasteiger partial charge in [0.25, 0.3) is 0 Å². The second-order valence-corrected chi connectivity index (χ2v) is 7.18. The Labute approximate surface area is 203 Å². The van der Waals surface area contributed by atoms with Crippen LogP contribution in [0.5, 0.6) is 0 Å². The van der Waals surface area contributed by atoms with Crippen molar-refractivity contribution < 1.29 is 17.6 Å². The Bertz CT molecular complexity index is 1570. The third-order valence-electron chi connectivity index (χ3n) is 4.89. The maximum Gasteiger partial charge on any atom is 0.142 e. The third-order valence-corrected chi connectivity index (χ3v) is 4.89. The van der Waals surface area contributed by atoms with Crippen LogP contribution in [0.15, 0.2) is 36.4 Å². The molecule has 0 fully saturated rings. The fraction of sp³-hybridized carbons (Fsp3) is 0.0714. The van der Waals surface area contributed by atoms with Gasteiger partial charge >= 0.3 is 0 Å². The molecule has 0 amide bonds. The van der Waals surface area contributed by atoms with Gasteiger partial charge in [0.2, 0.25) is 0 Å². The fourth-order valence-electron chi connectivity index (χ4n) is 3.12. The summed E-state index contributed by atoms with van der Waals surface area (Å²) < 4.78 is 56.3. The van der Waals surface area contributed by atoms with Crippen LogP contribution in [0.3, 0.4) is 0 Å². The molecule has 0 aliphatic heterocycles. The summed E-state index contributed by atoms with van der Waals surface area (Å²) in [5, 5.41) is 36.0. The number of benzene rings is 3. The minimum Gasteiger partial charge on any atom is -0.206 e. The summed E-state index contributed by atoms with van der Waals surface area (Å²) in [5.74, 6) is 6.50. The highest BCUT2D eigenvalue weighted by Gasteiger charge is 2.11. The van der Waals surface area contributed by atoms with Crippen LogP contribution < -0.4 is 0 Å². The molecular weight excluding hydrogens is 468 g/mol. The van der Waals surface area contributed by atoms with Crippen molar-refractivity contribution in [2.75, 3.05) is 0 Å². The number of rotatable bonds is 2. The highest BCUT2D eigenvalue weighted by Crippen LogP contribution is 2.20. The Hall–Kier alpha value is -5.54. The molecule has 0 atom stereocenters. The zero-order chi connectivity index (χ0) is 26.2. The maximum atomic E-state index is 14.2. The highest BCUT2D eigenvalue weighted by molar-refractivity contribution is 5.57. The van der Waals surface area contributed by atoms with Crippen LogP contribution in [0.2, 0.25) is 0 Å². The van der Waals surface area contributed by atoms with E-state index in [9.17, 15) is 28.1 Å². The number of hydrogen-bond acceptors (Lipinski definition) is 4. The molecule has 0 saturated carbocycles. The molecule has 0 bridgehead atoms. The molecule has 0 aliphatic rings. The van der Waals surface area contributed by atoms with Gasteiger partial charge in [0.1, 0.15) is 35.4 Å². The Kier molecular flexibility index (Phi) is 7.70. The Morgan fingerprint density at radius 1 is 0.444 bits per heavy atom. The van der Waals surface area contributed by atoms with Crippen molar-refractivity contribution in [1.82, 2.24) is 0 Å². The van der Waals surface area contributed by atoms with E-state index in [1.165, 1.54) is 24.3 Å². The van der Waals surface area contributed by atoms with Gasteiger partial charge in [-0.3, -0.25) is 0 Å². The molecule has 3 rings (SSSR count). The van der Waals surface area contributed by atoms with E-state index < -0.39 is 34.4 Å². The van der Waals surface area contributed by atoms with Gasteiger partial charge in [0.05, 0.1) is 47.2 Å². The summed E-state index contributed by atoms with van der Waals surface area (Å²) in [4.78, 5) is 0. The minimum atomic E-state index is -0.951. The van der Waals surface area contributed by atoms with E-state index in [1.54, 1.807) is 0 Å². The lowest BCUT2D eigenvalue weighted by atomic mass is 9.95. The van der Waals surface area contributed by atoms with Crippen LogP contribution in [-0.2, 0) is 12.8 Å². The third kappa shape index (κ3) is 5.50. The molecule has 0 radical (unpaired) electrons. The normalized spacial score (nSPS) is 9.33. The van der Waals surface area contributed by atoms with Gasteiger partial charge in [-0.1, -0.05) is 29.7 Å². The lowest BCUT2D eigenvalue weighted by Gasteiger charge is -2.07. The highest BCUT2D eigenvalue weighted by atomic mass is 19.1. The molecule has 3 aromatic rings. The molecule has 3 aromatic carbocycles. The maximum absolute atomic E-state index is 14.2. The molecule has 8 heteroatoms. The van der Waals surface area contributed by atoms with Crippen LogP contribution in [0.4, 0.5) is 17.6 Å². The van der Waals surface area contributed by atoms with Crippen molar-refractivity contribution in [3.8, 4) is 48.0 Å². The van der Waals surface area contributed by atoms with E-state index in [1.807, 2.05) is 12.1 Å². The quantitative estimate of drug-likeness (QED) is 0.386. The molecule has 170 valence electrons. The van der Waals surface area contributed by atoms with Gasteiger partial charge in [0.15, 0.2) is 0 Å². The molecule has 0 saturated heterocycles. The van der Waals surface area contributed by atoms with Crippen LogP contribution in [-0.4, -0.2) is 0 Å². The molecule has 0 spiro atoms. The second-order valence-electron chi connectivity index (χ2n) is 7.18. The van der Waals surface area contributed by atoms with Crippen LogP contribution >= 0.6 is 0 Å². The van der Waals surface area contributed by atoms with E-state index in [0.717, 1.165) is 12.1 Å². The zero-order valence-electron chi connectivity index (χ0n) is 18.2. The van der Waals surface area contributed by atoms with Gasteiger partial charge < -0.3 is 0 Å². The zero-order valence-corrected chi connectivity index (χ0v) is 18.2. The predicted molar refractivity (Wildman–Crippen MR) is 119 cm³/mol. The molecule has 0 aliphatic carbocycles. The topological polar surface area (TPSA) is 95.2 Å². The average Bonchev–Trinajstić information content (AvgIpc) is 2.86. The van der Waals surface area contributed by atoms with Crippen molar-refractivity contribution in [3.63, 3.8) is 0 Å². The molecule has 36 heavy (non-hydrogen) atoms. The van der Waals surface area contributed by atoms with Crippen LogP contribution in [0, 0.1) is 92.3 Å². The van der Waals surface area contributed by atoms with E-state index in [2.05, 4.69) is 23.7 Å².